The number of anilines is 1. The summed E-state index contributed by atoms with van der Waals surface area (Å²) in [5.41, 5.74) is 1.17. The van der Waals surface area contributed by atoms with Crippen LogP contribution >= 0.6 is 34.4 Å². The monoisotopic (exact) mass is 504 g/mol. The van der Waals surface area contributed by atoms with Crippen molar-refractivity contribution in [2.24, 2.45) is 0 Å². The summed E-state index contributed by atoms with van der Waals surface area (Å²) in [5.74, 6) is -0.419. The lowest BCUT2D eigenvalue weighted by atomic mass is 10.2. The Morgan fingerprint density at radius 1 is 0.853 bits per heavy atom. The van der Waals surface area contributed by atoms with Gasteiger partial charge in [-0.05, 0) is 59.3 Å². The summed E-state index contributed by atoms with van der Waals surface area (Å²) in [6, 6.07) is 23.4. The molecule has 4 aromatic rings. The highest BCUT2D eigenvalue weighted by atomic mass is 32.2. The van der Waals surface area contributed by atoms with Crippen molar-refractivity contribution in [2.75, 3.05) is 11.1 Å². The first-order valence-electron chi connectivity index (χ1n) is 10.3. The van der Waals surface area contributed by atoms with E-state index in [0.29, 0.717) is 17.0 Å². The Kier molecular flexibility index (Phi) is 8.08. The number of hydrogen-bond acceptors (Lipinski definition) is 6. The maximum absolute atomic E-state index is 13.1. The van der Waals surface area contributed by atoms with Crippen molar-refractivity contribution in [3.05, 3.63) is 111 Å². The highest BCUT2D eigenvalue weighted by Gasteiger charge is 2.16. The number of rotatable bonds is 9. The fourth-order valence-corrected chi connectivity index (χ4v) is 5.23. The van der Waals surface area contributed by atoms with Gasteiger partial charge < -0.3 is 10.6 Å². The zero-order chi connectivity index (χ0) is 23.8. The van der Waals surface area contributed by atoms with Crippen LogP contribution in [0.25, 0.3) is 6.08 Å². The molecule has 34 heavy (non-hydrogen) atoms. The molecule has 0 fully saturated rings. The molecule has 0 unspecified atom stereocenters. The number of nitrogens with one attached hydrogen (secondary N) is 2. The molecule has 2 heterocycles. The third kappa shape index (κ3) is 6.54. The van der Waals surface area contributed by atoms with Crippen LogP contribution in [-0.4, -0.2) is 23.4 Å². The van der Waals surface area contributed by atoms with E-state index in [4.69, 9.17) is 0 Å². The van der Waals surface area contributed by atoms with Crippen molar-refractivity contribution in [1.82, 2.24) is 5.32 Å². The van der Waals surface area contributed by atoms with Crippen LogP contribution in [0, 0.1) is 0 Å². The van der Waals surface area contributed by atoms with Crippen molar-refractivity contribution < 1.29 is 14.4 Å². The molecule has 0 radical (unpaired) electrons. The minimum Gasteiger partial charge on any atom is -0.321 e. The normalized spacial score (nSPS) is 11.1. The molecule has 170 valence electrons. The maximum Gasteiger partial charge on any atom is 0.272 e. The lowest BCUT2D eigenvalue weighted by Gasteiger charge is -2.12. The molecule has 0 saturated heterocycles. The van der Waals surface area contributed by atoms with E-state index in [-0.39, 0.29) is 17.4 Å². The third-order valence-corrected chi connectivity index (χ3v) is 7.34. The third-order valence-electron chi connectivity index (χ3n) is 4.62. The summed E-state index contributed by atoms with van der Waals surface area (Å²) in [6.45, 7) is 0. The predicted octanol–water partition coefficient (Wildman–Crippen LogP) is 6.19. The number of hydrogen-bond donors (Lipinski definition) is 2. The summed E-state index contributed by atoms with van der Waals surface area (Å²) in [7, 11) is 0. The quantitative estimate of drug-likeness (QED) is 0.162. The van der Waals surface area contributed by atoms with Gasteiger partial charge in [0.1, 0.15) is 5.70 Å². The van der Waals surface area contributed by atoms with E-state index in [1.165, 1.54) is 34.4 Å². The van der Waals surface area contributed by atoms with Gasteiger partial charge >= 0.3 is 0 Å². The SMILES string of the molecule is O=C(Nc1cccc(SCC(=O)c2cccs2)c1)/C(=C/c1cccs1)NC(=O)c1ccccc1. The van der Waals surface area contributed by atoms with Gasteiger partial charge in [-0.1, -0.05) is 36.4 Å². The number of benzene rings is 2. The molecule has 0 aliphatic rings. The van der Waals surface area contributed by atoms with Crippen LogP contribution in [-0.2, 0) is 4.79 Å². The average Bonchev–Trinajstić information content (AvgIpc) is 3.57. The summed E-state index contributed by atoms with van der Waals surface area (Å²) in [4.78, 5) is 40.5. The lowest BCUT2D eigenvalue weighted by molar-refractivity contribution is -0.113. The van der Waals surface area contributed by atoms with E-state index in [0.717, 1.165) is 14.6 Å². The molecule has 8 heteroatoms. The number of carbonyl (C=O) groups is 3. The molecule has 2 amide bonds. The molecule has 0 atom stereocenters. The number of Topliss-reactive ketones (excluding diaryl/α,β-unsaturated/α-hetero) is 1. The fourth-order valence-electron chi connectivity index (χ4n) is 2.98. The van der Waals surface area contributed by atoms with Gasteiger partial charge in [-0.2, -0.15) is 0 Å². The Labute approximate surface area is 209 Å². The van der Waals surface area contributed by atoms with E-state index in [9.17, 15) is 14.4 Å². The molecular weight excluding hydrogens is 484 g/mol. The number of thioether (sulfide) groups is 1. The summed E-state index contributed by atoms with van der Waals surface area (Å²) >= 11 is 4.30. The number of amides is 2. The van der Waals surface area contributed by atoms with Gasteiger partial charge in [0.05, 0.1) is 10.6 Å². The number of thiophene rings is 2. The highest BCUT2D eigenvalue weighted by Crippen LogP contribution is 2.24. The Morgan fingerprint density at radius 2 is 1.65 bits per heavy atom. The standard InChI is InChI=1S/C26H20N2O3S3/c29-23(24-12-6-14-33-24)17-34-20-10-4-9-19(15-20)27-26(31)22(16-21-11-5-13-32-21)28-25(30)18-7-2-1-3-8-18/h1-16H,17H2,(H,27,31)(H,28,30)/b22-16-. The predicted molar refractivity (Wildman–Crippen MR) is 141 cm³/mol. The molecule has 2 aromatic carbocycles. The first-order valence-corrected chi connectivity index (χ1v) is 13.1. The van der Waals surface area contributed by atoms with Crippen molar-refractivity contribution in [3.63, 3.8) is 0 Å². The van der Waals surface area contributed by atoms with E-state index in [2.05, 4.69) is 10.6 Å². The van der Waals surface area contributed by atoms with E-state index < -0.39 is 5.91 Å². The molecule has 2 aromatic heterocycles. The van der Waals surface area contributed by atoms with Crippen LogP contribution in [0.1, 0.15) is 24.9 Å². The molecule has 0 spiro atoms. The first kappa shape index (κ1) is 23.7. The van der Waals surface area contributed by atoms with Gasteiger partial charge in [0, 0.05) is 21.0 Å². The van der Waals surface area contributed by atoms with Gasteiger partial charge in [-0.3, -0.25) is 14.4 Å². The van der Waals surface area contributed by atoms with Crippen LogP contribution < -0.4 is 10.6 Å². The Morgan fingerprint density at radius 3 is 2.38 bits per heavy atom. The van der Waals surface area contributed by atoms with Gasteiger partial charge in [0.15, 0.2) is 5.78 Å². The van der Waals surface area contributed by atoms with Crippen LogP contribution in [0.2, 0.25) is 0 Å². The number of ketones is 1. The van der Waals surface area contributed by atoms with Crippen LogP contribution in [0.15, 0.2) is 100 Å². The van der Waals surface area contributed by atoms with Crippen LogP contribution in [0.4, 0.5) is 5.69 Å². The topological polar surface area (TPSA) is 75.3 Å². The fraction of sp³-hybridized carbons (Fsp3) is 0.0385. The smallest absolute Gasteiger partial charge is 0.272 e. The second-order valence-corrected chi connectivity index (χ2v) is 10.0. The van der Waals surface area contributed by atoms with Crippen molar-refractivity contribution >= 4 is 63.8 Å². The Hall–Kier alpha value is -3.46. The summed E-state index contributed by atoms with van der Waals surface area (Å²) < 4.78 is 0. The second kappa shape index (κ2) is 11.6. The van der Waals surface area contributed by atoms with E-state index in [1.54, 1.807) is 36.4 Å². The van der Waals surface area contributed by atoms with Crippen LogP contribution in [0.5, 0.6) is 0 Å². The zero-order valence-electron chi connectivity index (χ0n) is 17.9. The molecular formula is C26H20N2O3S3. The van der Waals surface area contributed by atoms with Gasteiger partial charge in [-0.25, -0.2) is 0 Å². The molecule has 4 rings (SSSR count). The lowest BCUT2D eigenvalue weighted by Crippen LogP contribution is -2.30. The zero-order valence-corrected chi connectivity index (χ0v) is 20.3. The second-order valence-electron chi connectivity index (χ2n) is 7.06. The molecule has 0 saturated carbocycles. The summed E-state index contributed by atoms with van der Waals surface area (Å²) in [5, 5.41) is 9.37. The van der Waals surface area contributed by atoms with Gasteiger partial charge in [-0.15, -0.1) is 34.4 Å². The highest BCUT2D eigenvalue weighted by molar-refractivity contribution is 8.00. The largest absolute Gasteiger partial charge is 0.321 e. The number of carbonyl (C=O) groups excluding carboxylic acids is 3. The molecule has 0 aliphatic heterocycles. The molecule has 0 aliphatic carbocycles. The van der Waals surface area contributed by atoms with Crippen molar-refractivity contribution in [3.8, 4) is 0 Å². The minimum absolute atomic E-state index is 0.0687. The molecule has 5 nitrogen and oxygen atoms in total. The van der Waals surface area contributed by atoms with E-state index in [1.807, 2.05) is 59.3 Å². The minimum atomic E-state index is -0.436. The van der Waals surface area contributed by atoms with Gasteiger partial charge in [0.2, 0.25) is 0 Å². The Bertz CT molecular complexity index is 1300. The molecule has 2 N–H and O–H groups in total. The van der Waals surface area contributed by atoms with Crippen molar-refractivity contribution in [1.29, 1.82) is 0 Å². The first-order chi connectivity index (χ1) is 16.6. The van der Waals surface area contributed by atoms with Crippen molar-refractivity contribution in [2.45, 2.75) is 4.90 Å². The van der Waals surface area contributed by atoms with Gasteiger partial charge in [0.25, 0.3) is 11.8 Å². The van der Waals surface area contributed by atoms with E-state index >= 15 is 0 Å². The average molecular weight is 505 g/mol. The maximum atomic E-state index is 13.1. The van der Waals surface area contributed by atoms with Crippen LogP contribution in [0.3, 0.4) is 0 Å². The molecule has 0 bridgehead atoms. The summed E-state index contributed by atoms with van der Waals surface area (Å²) in [6.07, 6.45) is 1.65. The Balaban J connectivity index is 1.46.